The van der Waals surface area contributed by atoms with Crippen LogP contribution in [0.3, 0.4) is 0 Å². The van der Waals surface area contributed by atoms with Crippen LogP contribution in [0.2, 0.25) is 5.02 Å². The molecule has 0 aromatic heterocycles. The molecule has 112 valence electrons. The molecule has 0 bridgehead atoms. The van der Waals surface area contributed by atoms with Crippen LogP contribution in [0.5, 0.6) is 11.5 Å². The molecule has 0 atom stereocenters. The molecule has 0 aliphatic heterocycles. The van der Waals surface area contributed by atoms with Gasteiger partial charge in [-0.05, 0) is 42.8 Å². The van der Waals surface area contributed by atoms with Crippen molar-refractivity contribution in [1.29, 1.82) is 0 Å². The Bertz CT molecular complexity index is 601. The first-order valence-corrected chi connectivity index (χ1v) is 7.88. The smallest absolute Gasteiger partial charge is 0.146 e. The Morgan fingerprint density at radius 2 is 2.05 bits per heavy atom. The van der Waals surface area contributed by atoms with Crippen molar-refractivity contribution in [3.8, 4) is 11.5 Å². The summed E-state index contributed by atoms with van der Waals surface area (Å²) in [5, 5.41) is 3.81. The van der Waals surface area contributed by atoms with Crippen molar-refractivity contribution < 1.29 is 9.13 Å². The van der Waals surface area contributed by atoms with Crippen LogP contribution in [0.25, 0.3) is 0 Å². The van der Waals surface area contributed by atoms with Crippen LogP contribution in [0.1, 0.15) is 18.9 Å². The fourth-order valence-electron chi connectivity index (χ4n) is 1.86. The van der Waals surface area contributed by atoms with Gasteiger partial charge in [-0.25, -0.2) is 4.39 Å². The summed E-state index contributed by atoms with van der Waals surface area (Å²) >= 11 is 9.44. The van der Waals surface area contributed by atoms with Crippen LogP contribution < -0.4 is 10.1 Å². The van der Waals surface area contributed by atoms with E-state index in [-0.39, 0.29) is 5.82 Å². The van der Waals surface area contributed by atoms with Gasteiger partial charge in [-0.15, -0.1) is 0 Å². The second kappa shape index (κ2) is 7.78. The molecule has 2 nitrogen and oxygen atoms in total. The average molecular weight is 373 g/mol. The molecule has 2 rings (SSSR count). The molecule has 0 fully saturated rings. The summed E-state index contributed by atoms with van der Waals surface area (Å²) in [5.41, 5.74) is 1.08. The highest BCUT2D eigenvalue weighted by molar-refractivity contribution is 9.10. The molecule has 0 amide bonds. The van der Waals surface area contributed by atoms with Gasteiger partial charge in [0.2, 0.25) is 0 Å². The second-order valence-corrected chi connectivity index (χ2v) is 5.97. The molecule has 2 aromatic rings. The largest absolute Gasteiger partial charge is 0.456 e. The number of benzene rings is 2. The summed E-state index contributed by atoms with van der Waals surface area (Å²) in [5.74, 6) is 0.546. The minimum Gasteiger partial charge on any atom is -0.456 e. The van der Waals surface area contributed by atoms with Crippen molar-refractivity contribution in [2.75, 3.05) is 6.54 Å². The third-order valence-electron chi connectivity index (χ3n) is 2.82. The average Bonchev–Trinajstić information content (AvgIpc) is 2.41. The van der Waals surface area contributed by atoms with Gasteiger partial charge in [0.05, 0.1) is 5.02 Å². The van der Waals surface area contributed by atoms with Crippen LogP contribution in [0, 0.1) is 5.82 Å². The lowest BCUT2D eigenvalue weighted by Gasteiger charge is -2.10. The maximum Gasteiger partial charge on any atom is 0.146 e. The molecule has 2 aromatic carbocycles. The van der Waals surface area contributed by atoms with E-state index in [1.54, 1.807) is 12.1 Å². The van der Waals surface area contributed by atoms with Crippen molar-refractivity contribution in [3.05, 3.63) is 57.3 Å². The van der Waals surface area contributed by atoms with Crippen LogP contribution >= 0.6 is 27.5 Å². The van der Waals surface area contributed by atoms with Crippen molar-refractivity contribution in [3.63, 3.8) is 0 Å². The Balaban J connectivity index is 2.10. The van der Waals surface area contributed by atoms with Gasteiger partial charge in [-0.2, -0.15) is 0 Å². The van der Waals surface area contributed by atoms with Crippen LogP contribution in [-0.2, 0) is 6.54 Å². The van der Waals surface area contributed by atoms with Crippen LogP contribution in [0.15, 0.2) is 40.9 Å². The van der Waals surface area contributed by atoms with Gasteiger partial charge in [-0.1, -0.05) is 40.5 Å². The lowest BCUT2D eigenvalue weighted by atomic mass is 10.2. The third kappa shape index (κ3) is 4.99. The fraction of sp³-hybridized carbons (Fsp3) is 0.250. The maximum absolute atomic E-state index is 13.3. The zero-order valence-electron chi connectivity index (χ0n) is 11.6. The highest BCUT2D eigenvalue weighted by atomic mass is 79.9. The van der Waals surface area contributed by atoms with Gasteiger partial charge in [0.25, 0.3) is 0 Å². The van der Waals surface area contributed by atoms with Gasteiger partial charge in [0.15, 0.2) is 0 Å². The Morgan fingerprint density at radius 3 is 2.71 bits per heavy atom. The highest BCUT2D eigenvalue weighted by Crippen LogP contribution is 2.31. The van der Waals surface area contributed by atoms with Gasteiger partial charge < -0.3 is 10.1 Å². The summed E-state index contributed by atoms with van der Waals surface area (Å²) in [6.07, 6.45) is 1.09. The van der Waals surface area contributed by atoms with Gasteiger partial charge in [-0.3, -0.25) is 0 Å². The number of nitrogens with one attached hydrogen (secondary N) is 1. The third-order valence-corrected chi connectivity index (χ3v) is 3.57. The molecular weight excluding hydrogens is 357 g/mol. The number of hydrogen-bond donors (Lipinski definition) is 1. The standard InChI is InChI=1S/C16H16BrClFNO/c1-2-5-20-10-11-3-4-16(15(18)6-11)21-14-8-12(17)7-13(19)9-14/h3-4,6-9,20H,2,5,10H2,1H3. The fourth-order valence-corrected chi connectivity index (χ4v) is 2.55. The molecule has 0 unspecified atom stereocenters. The van der Waals surface area contributed by atoms with E-state index in [1.165, 1.54) is 12.1 Å². The Labute approximate surface area is 137 Å². The highest BCUT2D eigenvalue weighted by Gasteiger charge is 2.06. The number of hydrogen-bond acceptors (Lipinski definition) is 2. The molecule has 5 heteroatoms. The lowest BCUT2D eigenvalue weighted by Crippen LogP contribution is -2.13. The lowest BCUT2D eigenvalue weighted by molar-refractivity contribution is 0.476. The van der Waals surface area contributed by atoms with Gasteiger partial charge in [0, 0.05) is 17.1 Å². The molecule has 0 saturated carbocycles. The van der Waals surface area contributed by atoms with E-state index in [4.69, 9.17) is 16.3 Å². The first kappa shape index (κ1) is 16.3. The zero-order valence-corrected chi connectivity index (χ0v) is 14.0. The van der Waals surface area contributed by atoms with Crippen LogP contribution in [-0.4, -0.2) is 6.54 Å². The molecule has 0 saturated heterocycles. The van der Waals surface area contributed by atoms with Gasteiger partial charge >= 0.3 is 0 Å². The molecular formula is C16H16BrClFNO. The Kier molecular flexibility index (Phi) is 6.03. The Morgan fingerprint density at radius 1 is 1.24 bits per heavy atom. The molecule has 0 spiro atoms. The van der Waals surface area contributed by atoms with E-state index in [9.17, 15) is 4.39 Å². The number of halogens is 3. The van der Waals surface area contributed by atoms with E-state index < -0.39 is 0 Å². The normalized spacial score (nSPS) is 10.7. The predicted octanol–water partition coefficient (Wildman–Crippen LogP) is 5.53. The number of ether oxygens (including phenoxy) is 1. The van der Waals surface area contributed by atoms with E-state index >= 15 is 0 Å². The van der Waals surface area contributed by atoms with Crippen molar-refractivity contribution in [2.45, 2.75) is 19.9 Å². The molecule has 0 radical (unpaired) electrons. The van der Waals surface area contributed by atoms with E-state index in [1.807, 2.05) is 12.1 Å². The molecule has 0 heterocycles. The summed E-state index contributed by atoms with van der Waals surface area (Å²) in [4.78, 5) is 0. The first-order valence-electron chi connectivity index (χ1n) is 6.71. The molecule has 0 aliphatic carbocycles. The summed E-state index contributed by atoms with van der Waals surface area (Å²) < 4.78 is 19.6. The quantitative estimate of drug-likeness (QED) is 0.673. The van der Waals surface area contributed by atoms with Crippen molar-refractivity contribution in [2.24, 2.45) is 0 Å². The SMILES string of the molecule is CCCNCc1ccc(Oc2cc(F)cc(Br)c2)c(Cl)c1. The monoisotopic (exact) mass is 371 g/mol. The predicted molar refractivity (Wildman–Crippen MR) is 87.6 cm³/mol. The molecule has 21 heavy (non-hydrogen) atoms. The first-order chi connectivity index (χ1) is 10.1. The molecule has 0 aliphatic rings. The number of rotatable bonds is 6. The van der Waals surface area contributed by atoms with Crippen molar-refractivity contribution in [1.82, 2.24) is 5.32 Å². The minimum atomic E-state index is -0.365. The van der Waals surface area contributed by atoms with Gasteiger partial charge in [0.1, 0.15) is 17.3 Å². The van der Waals surface area contributed by atoms with E-state index in [0.29, 0.717) is 21.0 Å². The summed E-state index contributed by atoms with van der Waals surface area (Å²) in [6, 6.07) is 9.97. The topological polar surface area (TPSA) is 21.3 Å². The van der Waals surface area contributed by atoms with E-state index in [0.717, 1.165) is 25.1 Å². The summed E-state index contributed by atoms with van der Waals surface area (Å²) in [7, 11) is 0. The minimum absolute atomic E-state index is 0.365. The zero-order chi connectivity index (χ0) is 15.2. The van der Waals surface area contributed by atoms with Crippen molar-refractivity contribution >= 4 is 27.5 Å². The van der Waals surface area contributed by atoms with Crippen LogP contribution in [0.4, 0.5) is 4.39 Å². The summed E-state index contributed by atoms with van der Waals surface area (Å²) in [6.45, 7) is 3.85. The second-order valence-electron chi connectivity index (χ2n) is 4.65. The van der Waals surface area contributed by atoms with E-state index in [2.05, 4.69) is 28.2 Å². The Hall–Kier alpha value is -1.10. The molecule has 1 N–H and O–H groups in total. The maximum atomic E-state index is 13.3.